The molecule has 0 aromatic heterocycles. The molecular weight excluding hydrogens is 248 g/mol. The molecule has 0 spiro atoms. The number of nitrogens with zero attached hydrogens (tertiary/aromatic N) is 1. The molecule has 1 fully saturated rings. The van der Waals surface area contributed by atoms with Gasteiger partial charge < -0.3 is 10.1 Å². The lowest BCUT2D eigenvalue weighted by atomic mass is 9.93. The molecule has 0 aliphatic carbocycles. The molecule has 2 heterocycles. The van der Waals surface area contributed by atoms with Crippen molar-refractivity contribution in [3.05, 3.63) is 29.8 Å². The van der Waals surface area contributed by atoms with Crippen LogP contribution in [-0.2, 0) is 0 Å². The Morgan fingerprint density at radius 3 is 2.95 bits per heavy atom. The lowest BCUT2D eigenvalue weighted by Crippen LogP contribution is -2.62. The van der Waals surface area contributed by atoms with E-state index in [1.54, 1.807) is 0 Å². The Morgan fingerprint density at radius 2 is 2.15 bits per heavy atom. The highest BCUT2D eigenvalue weighted by atomic mass is 16.5. The van der Waals surface area contributed by atoms with E-state index in [9.17, 15) is 0 Å². The van der Waals surface area contributed by atoms with Crippen LogP contribution in [0.25, 0.3) is 0 Å². The molecule has 0 amide bonds. The largest absolute Gasteiger partial charge is 0.493 e. The molecule has 2 aliphatic rings. The second-order valence-electron chi connectivity index (χ2n) is 6.75. The summed E-state index contributed by atoms with van der Waals surface area (Å²) >= 11 is 0. The third-order valence-electron chi connectivity index (χ3n) is 4.85. The Bertz CT molecular complexity index is 472. The normalized spacial score (nSPS) is 28.9. The molecule has 1 aromatic rings. The molecule has 0 bridgehead atoms. The summed E-state index contributed by atoms with van der Waals surface area (Å²) < 4.78 is 5.83. The van der Waals surface area contributed by atoms with Crippen molar-refractivity contribution in [2.24, 2.45) is 0 Å². The van der Waals surface area contributed by atoms with E-state index in [1.807, 2.05) is 0 Å². The highest BCUT2D eigenvalue weighted by Gasteiger charge is 2.36. The fraction of sp³-hybridized carbons (Fsp3) is 0.647. The van der Waals surface area contributed by atoms with Crippen LogP contribution >= 0.6 is 0 Å². The van der Waals surface area contributed by atoms with E-state index >= 15 is 0 Å². The lowest BCUT2D eigenvalue weighted by molar-refractivity contribution is 0.0566. The molecule has 2 aliphatic heterocycles. The number of nitrogens with one attached hydrogen (secondary N) is 1. The van der Waals surface area contributed by atoms with Crippen molar-refractivity contribution >= 4 is 0 Å². The van der Waals surface area contributed by atoms with Crippen molar-refractivity contribution in [2.75, 3.05) is 26.2 Å². The van der Waals surface area contributed by atoms with E-state index < -0.39 is 0 Å². The van der Waals surface area contributed by atoms with Gasteiger partial charge in [0, 0.05) is 42.7 Å². The number of para-hydroxylation sites is 1. The molecule has 1 aromatic carbocycles. The van der Waals surface area contributed by atoms with Crippen molar-refractivity contribution in [3.63, 3.8) is 0 Å². The van der Waals surface area contributed by atoms with E-state index in [0.717, 1.165) is 32.0 Å². The van der Waals surface area contributed by atoms with Gasteiger partial charge in [-0.3, -0.25) is 4.90 Å². The first kappa shape index (κ1) is 13.9. The summed E-state index contributed by atoms with van der Waals surface area (Å²) in [5, 5.41) is 3.66. The molecule has 1 N–H and O–H groups in total. The van der Waals surface area contributed by atoms with Gasteiger partial charge in [-0.2, -0.15) is 0 Å². The molecule has 0 saturated carbocycles. The summed E-state index contributed by atoms with van der Waals surface area (Å²) in [6, 6.07) is 9.12. The zero-order valence-electron chi connectivity index (χ0n) is 12.9. The van der Waals surface area contributed by atoms with Crippen molar-refractivity contribution < 1.29 is 4.74 Å². The van der Waals surface area contributed by atoms with Crippen LogP contribution in [0.1, 0.15) is 38.7 Å². The van der Waals surface area contributed by atoms with Gasteiger partial charge in [0.05, 0.1) is 6.61 Å². The Morgan fingerprint density at radius 1 is 1.35 bits per heavy atom. The van der Waals surface area contributed by atoms with Gasteiger partial charge in [0.1, 0.15) is 5.75 Å². The molecule has 2 atom stereocenters. The first-order valence-corrected chi connectivity index (χ1v) is 7.80. The summed E-state index contributed by atoms with van der Waals surface area (Å²) in [6.07, 6.45) is 1.20. The molecule has 110 valence electrons. The fourth-order valence-corrected chi connectivity index (χ4v) is 3.33. The highest BCUT2D eigenvalue weighted by Crippen LogP contribution is 2.35. The van der Waals surface area contributed by atoms with Gasteiger partial charge in [0.2, 0.25) is 0 Å². The Balaban J connectivity index is 1.73. The third kappa shape index (κ3) is 2.57. The van der Waals surface area contributed by atoms with Gasteiger partial charge in [-0.1, -0.05) is 25.1 Å². The molecule has 3 nitrogen and oxygen atoms in total. The van der Waals surface area contributed by atoms with Crippen LogP contribution in [-0.4, -0.2) is 42.7 Å². The molecule has 20 heavy (non-hydrogen) atoms. The van der Waals surface area contributed by atoms with Crippen molar-refractivity contribution in [3.8, 4) is 5.75 Å². The lowest BCUT2D eigenvalue weighted by Gasteiger charge is -2.47. The van der Waals surface area contributed by atoms with Gasteiger partial charge >= 0.3 is 0 Å². The van der Waals surface area contributed by atoms with E-state index in [4.69, 9.17) is 4.74 Å². The van der Waals surface area contributed by atoms with Crippen LogP contribution in [0.3, 0.4) is 0 Å². The number of hydrogen-bond donors (Lipinski definition) is 1. The van der Waals surface area contributed by atoms with E-state index in [1.165, 1.54) is 12.0 Å². The van der Waals surface area contributed by atoms with Crippen molar-refractivity contribution in [1.82, 2.24) is 10.2 Å². The molecule has 2 unspecified atom stereocenters. The zero-order chi connectivity index (χ0) is 14.2. The molecule has 0 radical (unpaired) electrons. The predicted octanol–water partition coefficient (Wildman–Crippen LogP) is 2.62. The standard InChI is InChI=1S/C17H26N2O/c1-4-14-10-19(17(2,3)12-18-14)9-13-11-20-16-8-6-5-7-15(13)16/h5-8,13-14,18H,4,9-12H2,1-3H3. The summed E-state index contributed by atoms with van der Waals surface area (Å²) in [7, 11) is 0. The number of piperazine rings is 1. The Hall–Kier alpha value is -1.06. The minimum atomic E-state index is 0.225. The summed E-state index contributed by atoms with van der Waals surface area (Å²) in [4.78, 5) is 2.65. The van der Waals surface area contributed by atoms with Crippen LogP contribution in [0.15, 0.2) is 24.3 Å². The average Bonchev–Trinajstić information content (AvgIpc) is 2.85. The molecular formula is C17H26N2O. The SMILES string of the molecule is CCC1CN(CC2COc3ccccc32)C(C)(C)CN1. The smallest absolute Gasteiger partial charge is 0.122 e. The maximum atomic E-state index is 5.83. The fourth-order valence-electron chi connectivity index (χ4n) is 3.33. The second kappa shape index (κ2) is 5.38. The number of fused-ring (bicyclic) bond motifs is 1. The van der Waals surface area contributed by atoms with Gasteiger partial charge in [-0.15, -0.1) is 0 Å². The molecule has 3 rings (SSSR count). The van der Waals surface area contributed by atoms with Crippen LogP contribution in [0, 0.1) is 0 Å². The summed E-state index contributed by atoms with van der Waals surface area (Å²) in [5.74, 6) is 1.60. The van der Waals surface area contributed by atoms with Crippen LogP contribution in [0.5, 0.6) is 5.75 Å². The third-order valence-corrected chi connectivity index (χ3v) is 4.85. The summed E-state index contributed by atoms with van der Waals surface area (Å²) in [6.45, 7) is 11.1. The minimum Gasteiger partial charge on any atom is -0.493 e. The van der Waals surface area contributed by atoms with Crippen molar-refractivity contribution in [2.45, 2.75) is 44.7 Å². The number of rotatable bonds is 3. The zero-order valence-corrected chi connectivity index (χ0v) is 12.9. The molecule has 1 saturated heterocycles. The first-order valence-electron chi connectivity index (χ1n) is 7.80. The monoisotopic (exact) mass is 274 g/mol. The number of ether oxygens (including phenoxy) is 1. The van der Waals surface area contributed by atoms with Crippen LogP contribution in [0.4, 0.5) is 0 Å². The van der Waals surface area contributed by atoms with Gasteiger partial charge in [0.15, 0.2) is 0 Å². The van der Waals surface area contributed by atoms with E-state index in [-0.39, 0.29) is 5.54 Å². The number of benzene rings is 1. The minimum absolute atomic E-state index is 0.225. The molecule has 3 heteroatoms. The predicted molar refractivity (Wildman–Crippen MR) is 82.4 cm³/mol. The van der Waals surface area contributed by atoms with Crippen LogP contribution < -0.4 is 10.1 Å². The van der Waals surface area contributed by atoms with E-state index in [0.29, 0.717) is 12.0 Å². The summed E-state index contributed by atoms with van der Waals surface area (Å²) in [5.41, 5.74) is 1.61. The maximum Gasteiger partial charge on any atom is 0.122 e. The van der Waals surface area contributed by atoms with Crippen molar-refractivity contribution in [1.29, 1.82) is 0 Å². The maximum absolute atomic E-state index is 5.83. The number of hydrogen-bond acceptors (Lipinski definition) is 3. The quantitative estimate of drug-likeness (QED) is 0.917. The highest BCUT2D eigenvalue weighted by molar-refractivity contribution is 5.39. The topological polar surface area (TPSA) is 24.5 Å². The van der Waals surface area contributed by atoms with E-state index in [2.05, 4.69) is 55.3 Å². The van der Waals surface area contributed by atoms with Gasteiger partial charge in [-0.25, -0.2) is 0 Å². The van der Waals surface area contributed by atoms with Crippen LogP contribution in [0.2, 0.25) is 0 Å². The first-order chi connectivity index (χ1) is 9.60. The Kier molecular flexibility index (Phi) is 3.74. The van der Waals surface area contributed by atoms with Gasteiger partial charge in [0.25, 0.3) is 0 Å². The average molecular weight is 274 g/mol. The Labute approximate surface area is 122 Å². The second-order valence-corrected chi connectivity index (χ2v) is 6.75. The van der Waals surface area contributed by atoms with Gasteiger partial charge in [-0.05, 0) is 26.3 Å².